The number of carbonyl (C=O) groups is 1. The quantitative estimate of drug-likeness (QED) is 0.822. The first kappa shape index (κ1) is 18.6. The molecule has 1 aromatic carbocycles. The summed E-state index contributed by atoms with van der Waals surface area (Å²) < 4.78 is 0. The lowest BCUT2D eigenvalue weighted by molar-refractivity contribution is -0.204. The lowest BCUT2D eigenvalue weighted by Crippen LogP contribution is -2.64. The van der Waals surface area contributed by atoms with Crippen molar-refractivity contribution < 1.29 is 9.90 Å². The van der Waals surface area contributed by atoms with Gasteiger partial charge in [0.15, 0.2) is 0 Å². The zero-order valence-corrected chi connectivity index (χ0v) is 17.2. The average molecular weight is 383 g/mol. The number of amides is 1. The average Bonchev–Trinajstić information content (AvgIpc) is 2.66. The Kier molecular flexibility index (Phi) is 4.37. The van der Waals surface area contributed by atoms with Gasteiger partial charge in [-0.1, -0.05) is 37.6 Å². The lowest BCUT2D eigenvalue weighted by Gasteiger charge is -2.64. The molecule has 4 atom stereocenters. The van der Waals surface area contributed by atoms with E-state index in [1.807, 2.05) is 0 Å². The van der Waals surface area contributed by atoms with Crippen molar-refractivity contribution in [2.24, 2.45) is 16.7 Å². The van der Waals surface area contributed by atoms with Crippen LogP contribution in [0.15, 0.2) is 24.3 Å². The summed E-state index contributed by atoms with van der Waals surface area (Å²) in [4.78, 5) is 15.7. The maximum Gasteiger partial charge on any atom is 0.226 e. The van der Waals surface area contributed by atoms with E-state index in [1.54, 1.807) is 0 Å². The van der Waals surface area contributed by atoms with Gasteiger partial charge in [0.05, 0.1) is 11.0 Å². The summed E-state index contributed by atoms with van der Waals surface area (Å²) in [5.74, 6) is 0.746. The van der Waals surface area contributed by atoms with Crippen molar-refractivity contribution in [3.63, 3.8) is 0 Å². The molecule has 4 unspecified atom stereocenters. The molecule has 4 heteroatoms. The van der Waals surface area contributed by atoms with Crippen molar-refractivity contribution >= 4 is 5.91 Å². The summed E-state index contributed by atoms with van der Waals surface area (Å²) in [5, 5.41) is 14.4. The molecule has 4 bridgehead atoms. The molecule has 2 N–H and O–H groups in total. The second kappa shape index (κ2) is 6.56. The van der Waals surface area contributed by atoms with Gasteiger partial charge in [0.2, 0.25) is 5.91 Å². The summed E-state index contributed by atoms with van der Waals surface area (Å²) in [6.07, 6.45) is 7.88. The van der Waals surface area contributed by atoms with Gasteiger partial charge in [-0.3, -0.25) is 9.69 Å². The third kappa shape index (κ3) is 3.09. The topological polar surface area (TPSA) is 52.6 Å². The van der Waals surface area contributed by atoms with Gasteiger partial charge in [0.1, 0.15) is 0 Å². The summed E-state index contributed by atoms with van der Waals surface area (Å²) in [5.41, 5.74) is 2.17. The summed E-state index contributed by atoms with van der Waals surface area (Å²) in [7, 11) is 0. The van der Waals surface area contributed by atoms with Crippen LogP contribution in [0.3, 0.4) is 0 Å². The molecular weight excluding hydrogens is 348 g/mol. The highest BCUT2D eigenvalue weighted by molar-refractivity contribution is 5.83. The molecule has 1 aliphatic heterocycles. The van der Waals surface area contributed by atoms with Crippen LogP contribution in [-0.2, 0) is 17.8 Å². The van der Waals surface area contributed by atoms with E-state index in [2.05, 4.69) is 41.4 Å². The van der Waals surface area contributed by atoms with E-state index in [9.17, 15) is 9.90 Å². The summed E-state index contributed by atoms with van der Waals surface area (Å²) >= 11 is 0. The predicted octanol–water partition coefficient (Wildman–Crippen LogP) is 3.27. The van der Waals surface area contributed by atoms with Crippen LogP contribution >= 0.6 is 0 Å². The fourth-order valence-electron chi connectivity index (χ4n) is 7.49. The van der Waals surface area contributed by atoms with Gasteiger partial charge in [-0.25, -0.2) is 0 Å². The molecule has 152 valence electrons. The Morgan fingerprint density at radius 3 is 2.79 bits per heavy atom. The molecule has 1 amide bonds. The highest BCUT2D eigenvalue weighted by atomic mass is 16.3. The molecule has 5 aliphatic rings. The minimum atomic E-state index is -0.594. The van der Waals surface area contributed by atoms with E-state index in [0.717, 1.165) is 58.2 Å². The number of nitrogens with zero attached hydrogens (tertiary/aromatic N) is 1. The Labute approximate surface area is 168 Å². The fraction of sp³-hybridized carbons (Fsp3) is 0.708. The Balaban J connectivity index is 1.21. The minimum absolute atomic E-state index is 0.197. The molecule has 0 spiro atoms. The van der Waals surface area contributed by atoms with E-state index < -0.39 is 5.60 Å². The van der Waals surface area contributed by atoms with Crippen LogP contribution in [0.25, 0.3) is 0 Å². The van der Waals surface area contributed by atoms with E-state index in [-0.39, 0.29) is 16.7 Å². The Morgan fingerprint density at radius 2 is 2.00 bits per heavy atom. The van der Waals surface area contributed by atoms with Crippen molar-refractivity contribution in [2.45, 2.75) is 70.4 Å². The molecule has 0 aromatic heterocycles. The number of aliphatic hydroxyl groups is 1. The Hall–Kier alpha value is -1.39. The van der Waals surface area contributed by atoms with Gasteiger partial charge in [0, 0.05) is 26.2 Å². The molecule has 6 rings (SSSR count). The maximum absolute atomic E-state index is 13.3. The van der Waals surface area contributed by atoms with Crippen LogP contribution in [0.5, 0.6) is 0 Å². The largest absolute Gasteiger partial charge is 0.390 e. The van der Waals surface area contributed by atoms with Crippen molar-refractivity contribution in [1.82, 2.24) is 10.2 Å². The predicted molar refractivity (Wildman–Crippen MR) is 110 cm³/mol. The van der Waals surface area contributed by atoms with Crippen LogP contribution in [0.2, 0.25) is 0 Å². The Morgan fingerprint density at radius 1 is 1.18 bits per heavy atom. The second-order valence-electron chi connectivity index (χ2n) is 10.4. The first-order valence-electron chi connectivity index (χ1n) is 11.2. The van der Waals surface area contributed by atoms with E-state index in [0.29, 0.717) is 18.9 Å². The Bertz CT molecular complexity index is 780. The summed E-state index contributed by atoms with van der Waals surface area (Å²) in [6, 6.07) is 8.69. The molecule has 4 saturated carbocycles. The molecular formula is C24H34N2O2. The SMILES string of the molecule is CCC12CC3CC(O)(C1)CC(C(=O)NCCN1CCc4ccccc4C1)(C3)C2. The second-order valence-corrected chi connectivity index (χ2v) is 10.4. The van der Waals surface area contributed by atoms with Crippen molar-refractivity contribution in [1.29, 1.82) is 0 Å². The normalized spacial score (nSPS) is 39.0. The number of carbonyl (C=O) groups excluding carboxylic acids is 1. The summed E-state index contributed by atoms with van der Waals surface area (Å²) in [6.45, 7) is 5.92. The van der Waals surface area contributed by atoms with Gasteiger partial charge in [-0.15, -0.1) is 0 Å². The molecule has 0 saturated heterocycles. The first-order chi connectivity index (χ1) is 13.4. The molecule has 4 aliphatic carbocycles. The van der Waals surface area contributed by atoms with Gasteiger partial charge in [0.25, 0.3) is 0 Å². The number of rotatable bonds is 5. The van der Waals surface area contributed by atoms with Gasteiger partial charge in [-0.2, -0.15) is 0 Å². The highest BCUT2D eigenvalue weighted by Crippen LogP contribution is 2.67. The first-order valence-corrected chi connectivity index (χ1v) is 11.2. The zero-order valence-electron chi connectivity index (χ0n) is 17.2. The molecule has 1 heterocycles. The number of benzene rings is 1. The van der Waals surface area contributed by atoms with Crippen molar-refractivity contribution in [3.8, 4) is 0 Å². The van der Waals surface area contributed by atoms with Crippen molar-refractivity contribution in [2.75, 3.05) is 19.6 Å². The highest BCUT2D eigenvalue weighted by Gasteiger charge is 2.64. The molecule has 4 fully saturated rings. The van der Waals surface area contributed by atoms with Gasteiger partial charge < -0.3 is 10.4 Å². The van der Waals surface area contributed by atoms with Crippen LogP contribution in [-0.4, -0.2) is 41.1 Å². The number of fused-ring (bicyclic) bond motifs is 1. The smallest absolute Gasteiger partial charge is 0.226 e. The molecule has 0 radical (unpaired) electrons. The zero-order chi connectivity index (χ0) is 19.4. The lowest BCUT2D eigenvalue weighted by atomic mass is 9.42. The van der Waals surface area contributed by atoms with Crippen LogP contribution < -0.4 is 5.32 Å². The van der Waals surface area contributed by atoms with Crippen LogP contribution in [0, 0.1) is 16.7 Å². The van der Waals surface area contributed by atoms with Crippen LogP contribution in [0.1, 0.15) is 63.0 Å². The third-order valence-electron chi connectivity index (χ3n) is 8.31. The monoisotopic (exact) mass is 382 g/mol. The van der Waals surface area contributed by atoms with Gasteiger partial charge in [-0.05, 0) is 67.4 Å². The van der Waals surface area contributed by atoms with Gasteiger partial charge >= 0.3 is 0 Å². The third-order valence-corrected chi connectivity index (χ3v) is 8.31. The van der Waals surface area contributed by atoms with Crippen molar-refractivity contribution in [3.05, 3.63) is 35.4 Å². The number of hydrogen-bond acceptors (Lipinski definition) is 3. The molecule has 28 heavy (non-hydrogen) atoms. The van der Waals surface area contributed by atoms with Crippen LogP contribution in [0.4, 0.5) is 0 Å². The fourth-order valence-corrected chi connectivity index (χ4v) is 7.49. The van der Waals surface area contributed by atoms with E-state index >= 15 is 0 Å². The van der Waals surface area contributed by atoms with E-state index in [4.69, 9.17) is 0 Å². The standard InChI is InChI=1S/C24H34N2O2/c1-2-22-11-18-12-23(15-22,17-24(28,13-18)16-22)21(27)25-8-10-26-9-7-19-5-3-4-6-20(19)14-26/h3-6,18,28H,2,7-17H2,1H3,(H,25,27). The number of hydrogen-bond donors (Lipinski definition) is 2. The maximum atomic E-state index is 13.3. The molecule has 1 aromatic rings. The van der Waals surface area contributed by atoms with E-state index in [1.165, 1.54) is 17.5 Å². The number of nitrogens with one attached hydrogen (secondary N) is 1. The molecule has 4 nitrogen and oxygen atoms in total. The minimum Gasteiger partial charge on any atom is -0.390 e.